The number of benzene rings is 1. The van der Waals surface area contributed by atoms with Crippen LogP contribution in [-0.4, -0.2) is 66.0 Å². The normalized spacial score (nSPS) is 23.6. The number of carbonyl (C=O) groups excluding carboxylic acids is 1. The number of carbonyl (C=O) groups is 1. The molecule has 4 atom stereocenters. The number of pyridine rings is 1. The van der Waals surface area contributed by atoms with Gasteiger partial charge in [0.25, 0.3) is 0 Å². The lowest BCUT2D eigenvalue weighted by Gasteiger charge is -2.60. The molecule has 15 heteroatoms. The van der Waals surface area contributed by atoms with Crippen molar-refractivity contribution in [3.63, 3.8) is 0 Å². The highest BCUT2D eigenvalue weighted by atomic mass is 35.5. The van der Waals surface area contributed by atoms with Crippen LogP contribution in [0, 0.1) is 17.2 Å². The number of aromatic nitrogens is 5. The lowest BCUT2D eigenvalue weighted by atomic mass is 9.66. The van der Waals surface area contributed by atoms with Crippen LogP contribution in [-0.2, 0) is 19.6 Å². The molecule has 1 spiro atoms. The third-order valence-electron chi connectivity index (χ3n) is 11.4. The molecule has 0 radical (unpaired) electrons. The summed E-state index contributed by atoms with van der Waals surface area (Å²) in [6, 6.07) is 7.56. The number of fused-ring (bicyclic) bond motifs is 4. The summed E-state index contributed by atoms with van der Waals surface area (Å²) in [5, 5.41) is 9.61. The second-order valence-corrected chi connectivity index (χ2v) is 14.5. The lowest BCUT2D eigenvalue weighted by molar-refractivity contribution is -0.137. The summed E-state index contributed by atoms with van der Waals surface area (Å²) >= 11 is 5.99. The predicted molar refractivity (Wildman–Crippen MR) is 181 cm³/mol. The van der Waals surface area contributed by atoms with E-state index in [0.29, 0.717) is 60.0 Å². The van der Waals surface area contributed by atoms with Gasteiger partial charge in [0.1, 0.15) is 17.0 Å². The molecule has 3 aliphatic rings. The van der Waals surface area contributed by atoms with Crippen molar-refractivity contribution < 1.29 is 26.7 Å². The average Bonchev–Trinajstić information content (AvgIpc) is 3.74. The Hall–Kier alpha value is -4.64. The van der Waals surface area contributed by atoms with Crippen molar-refractivity contribution in [3.8, 4) is 17.2 Å². The molecule has 6 heterocycles. The molecule has 1 saturated heterocycles. The third kappa shape index (κ3) is 5.10. The quantitative estimate of drug-likeness (QED) is 0.175. The molecule has 4 aromatic heterocycles. The Morgan fingerprint density at radius 1 is 1.20 bits per heavy atom. The molecule has 0 N–H and O–H groups in total. The van der Waals surface area contributed by atoms with E-state index in [4.69, 9.17) is 11.6 Å². The number of aryl methyl sites for hydroxylation is 1. The Bertz CT molecular complexity index is 2230. The number of anilines is 1. The molecule has 1 aromatic carbocycles. The molecule has 0 bridgehead atoms. The van der Waals surface area contributed by atoms with Crippen LogP contribution in [0.2, 0.25) is 5.15 Å². The molecule has 5 aromatic rings. The minimum atomic E-state index is -4.66. The summed E-state index contributed by atoms with van der Waals surface area (Å²) < 4.78 is 80.1. The zero-order valence-corrected chi connectivity index (χ0v) is 28.6. The molecule has 8 rings (SSSR count). The van der Waals surface area contributed by atoms with Gasteiger partial charge in [-0.25, -0.2) is 23.5 Å². The Morgan fingerprint density at radius 2 is 2.00 bits per heavy atom. The van der Waals surface area contributed by atoms with E-state index < -0.39 is 41.7 Å². The van der Waals surface area contributed by atoms with Crippen LogP contribution in [0.3, 0.4) is 0 Å². The first kappa shape index (κ1) is 33.5. The Morgan fingerprint density at radius 3 is 2.71 bits per heavy atom. The fourth-order valence-electron chi connectivity index (χ4n) is 9.22. The van der Waals surface area contributed by atoms with E-state index in [1.807, 2.05) is 15.4 Å². The van der Waals surface area contributed by atoms with Gasteiger partial charge in [-0.2, -0.15) is 18.4 Å². The van der Waals surface area contributed by atoms with E-state index in [-0.39, 0.29) is 35.9 Å². The number of amides is 1. The summed E-state index contributed by atoms with van der Waals surface area (Å²) in [6.07, 6.45) is 0.702. The molecule has 1 saturated carbocycles. The highest BCUT2D eigenvalue weighted by Crippen LogP contribution is 2.55. The van der Waals surface area contributed by atoms with Crippen LogP contribution < -0.4 is 4.90 Å². The molecule has 2 fully saturated rings. The summed E-state index contributed by atoms with van der Waals surface area (Å²) in [4.78, 5) is 25.5. The fourth-order valence-corrected chi connectivity index (χ4v) is 9.37. The molecule has 9 nitrogen and oxygen atoms in total. The SMILES string of the molecule is CN1CCc2cc(C3CCCC4(CC(CC#N)N4C(=O)n4cnc(Cl)c4)C(C(F)F)C3)n3cccc(c23)-c2c(C(F)(F)F)cc3c(ncn3C)c21. The Balaban J connectivity index is 1.25. The van der Waals surface area contributed by atoms with E-state index in [1.54, 1.807) is 37.0 Å². The van der Waals surface area contributed by atoms with Gasteiger partial charge in [-0.1, -0.05) is 24.1 Å². The fraction of sp³-hybridized carbons (Fsp3) is 0.444. The number of nitriles is 1. The maximum absolute atomic E-state index is 15.4. The number of rotatable bonds is 3. The van der Waals surface area contributed by atoms with Crippen molar-refractivity contribution in [1.82, 2.24) is 28.4 Å². The van der Waals surface area contributed by atoms with E-state index in [1.165, 1.54) is 28.3 Å². The van der Waals surface area contributed by atoms with Gasteiger partial charge in [0, 0.05) is 61.5 Å². The van der Waals surface area contributed by atoms with Crippen LogP contribution in [0.4, 0.5) is 32.4 Å². The van der Waals surface area contributed by atoms with Gasteiger partial charge in [0.15, 0.2) is 0 Å². The van der Waals surface area contributed by atoms with Gasteiger partial charge >= 0.3 is 12.2 Å². The number of alkyl halides is 5. The number of hydrogen-bond acceptors (Lipinski definition) is 5. The smallest absolute Gasteiger partial charge is 0.372 e. The molecular weight excluding hydrogens is 691 g/mol. The summed E-state index contributed by atoms with van der Waals surface area (Å²) in [5.41, 5.74) is 1.98. The van der Waals surface area contributed by atoms with Gasteiger partial charge in [0.05, 0.1) is 52.8 Å². The topological polar surface area (TPSA) is 87.4 Å². The number of imidazole rings is 2. The number of likely N-dealkylation sites (tertiary alicyclic amines) is 1. The monoisotopic (exact) mass is 724 g/mol. The van der Waals surface area contributed by atoms with E-state index >= 15 is 8.78 Å². The average molecular weight is 725 g/mol. The van der Waals surface area contributed by atoms with Crippen LogP contribution in [0.15, 0.2) is 49.3 Å². The van der Waals surface area contributed by atoms with Crippen molar-refractivity contribution >= 4 is 39.9 Å². The first-order valence-electron chi connectivity index (χ1n) is 16.9. The van der Waals surface area contributed by atoms with Crippen molar-refractivity contribution in [3.05, 3.63) is 71.3 Å². The first-order chi connectivity index (χ1) is 24.3. The number of nitrogens with zero attached hydrogens (tertiary/aromatic N) is 8. The van der Waals surface area contributed by atoms with Gasteiger partial charge < -0.3 is 18.8 Å². The zero-order valence-electron chi connectivity index (χ0n) is 27.8. The maximum Gasteiger partial charge on any atom is 0.417 e. The Labute approximate surface area is 294 Å². The summed E-state index contributed by atoms with van der Waals surface area (Å²) in [7, 11) is 3.44. The van der Waals surface area contributed by atoms with Crippen molar-refractivity contribution in [2.45, 2.75) is 75.0 Å². The standard InChI is InChI=1S/C36H34ClF5N8O/c1-46-12-8-21-14-26(49-11-4-6-23(31(21)49)29-24(36(40,41)42)15-27-30(32(29)46)45-18-47(27)2)20-5-3-9-35(25(13-20)33(38)39)16-22(7-10-43)50(35)34(51)48-17-28(37)44-19-48/h4,6,11,14-15,17-20,22,25,33H,3,5,7-9,12-13,16H2,1-2H3. The van der Waals surface area contributed by atoms with Gasteiger partial charge in [-0.15, -0.1) is 0 Å². The Kier molecular flexibility index (Phi) is 7.86. The highest BCUT2D eigenvalue weighted by Gasteiger charge is 2.61. The maximum atomic E-state index is 15.4. The van der Waals surface area contributed by atoms with E-state index in [2.05, 4.69) is 16.0 Å². The van der Waals surface area contributed by atoms with Gasteiger partial charge in [0.2, 0.25) is 6.43 Å². The van der Waals surface area contributed by atoms with E-state index in [0.717, 1.165) is 17.3 Å². The molecule has 266 valence electrons. The van der Waals surface area contributed by atoms with Gasteiger partial charge in [-0.3, -0.25) is 4.57 Å². The van der Waals surface area contributed by atoms with Crippen LogP contribution >= 0.6 is 11.6 Å². The minimum absolute atomic E-state index is 0.00538. The third-order valence-corrected chi connectivity index (χ3v) is 11.6. The largest absolute Gasteiger partial charge is 0.417 e. The number of likely N-dealkylation sites (N-methyl/N-ethyl adjacent to an activating group) is 1. The van der Waals surface area contributed by atoms with Gasteiger partial charge in [-0.05, 0) is 55.9 Å². The lowest BCUT2D eigenvalue weighted by Crippen LogP contribution is -2.72. The number of halogens is 6. The second-order valence-electron chi connectivity index (χ2n) is 14.1. The van der Waals surface area contributed by atoms with Crippen LogP contribution in [0.25, 0.3) is 27.7 Å². The summed E-state index contributed by atoms with van der Waals surface area (Å²) in [6.45, 7) is 0.413. The molecule has 1 amide bonds. The highest BCUT2D eigenvalue weighted by molar-refractivity contribution is 6.29. The minimum Gasteiger partial charge on any atom is -0.372 e. The van der Waals surface area contributed by atoms with Crippen LogP contribution in [0.5, 0.6) is 0 Å². The first-order valence-corrected chi connectivity index (χ1v) is 17.3. The van der Waals surface area contributed by atoms with Crippen molar-refractivity contribution in [2.24, 2.45) is 13.0 Å². The molecule has 51 heavy (non-hydrogen) atoms. The second kappa shape index (κ2) is 12.0. The van der Waals surface area contributed by atoms with E-state index in [9.17, 15) is 23.2 Å². The number of hydrogen-bond donors (Lipinski definition) is 0. The van der Waals surface area contributed by atoms with Crippen molar-refractivity contribution in [1.29, 1.82) is 5.26 Å². The van der Waals surface area contributed by atoms with Crippen LogP contribution in [0.1, 0.15) is 61.3 Å². The molecule has 2 aliphatic heterocycles. The molecule has 1 aliphatic carbocycles. The zero-order chi connectivity index (χ0) is 36.0. The summed E-state index contributed by atoms with van der Waals surface area (Å²) in [5.74, 6) is -1.58. The predicted octanol–water partition coefficient (Wildman–Crippen LogP) is 8.29. The molecule has 4 unspecified atom stereocenters. The molecular formula is C36H34ClF5N8O. The van der Waals surface area contributed by atoms with Crippen molar-refractivity contribution in [2.75, 3.05) is 18.5 Å².